The normalized spacial score (nSPS) is 21.3. The minimum Gasteiger partial charge on any atom is -0.348 e. The molecule has 98 valence electrons. The fraction of sp³-hybridized carbons (Fsp3) is 0.500. The second-order valence-electron chi connectivity index (χ2n) is 4.79. The number of rotatable bonds is 3. The maximum atomic E-state index is 13.1. The van der Waals surface area contributed by atoms with E-state index in [1.54, 1.807) is 6.07 Å². The van der Waals surface area contributed by atoms with E-state index in [1.165, 1.54) is 12.1 Å². The van der Waals surface area contributed by atoms with Gasteiger partial charge in [-0.15, -0.1) is 0 Å². The molecule has 0 bridgehead atoms. The van der Waals surface area contributed by atoms with Gasteiger partial charge in [-0.3, -0.25) is 4.79 Å². The van der Waals surface area contributed by atoms with Gasteiger partial charge in [0.25, 0.3) is 0 Å². The van der Waals surface area contributed by atoms with Crippen LogP contribution in [-0.2, 0) is 4.79 Å². The van der Waals surface area contributed by atoms with E-state index in [0.29, 0.717) is 0 Å². The first kappa shape index (κ1) is 13.0. The highest BCUT2D eigenvalue weighted by atomic mass is 19.1. The van der Waals surface area contributed by atoms with Crippen LogP contribution in [0.4, 0.5) is 4.39 Å². The zero-order chi connectivity index (χ0) is 13.0. The van der Waals surface area contributed by atoms with E-state index in [9.17, 15) is 9.18 Å². The third kappa shape index (κ3) is 3.29. The van der Waals surface area contributed by atoms with Gasteiger partial charge in [-0.2, -0.15) is 0 Å². The maximum Gasteiger partial charge on any atom is 0.237 e. The summed E-state index contributed by atoms with van der Waals surface area (Å²) in [5.74, 6) is -0.268. The van der Waals surface area contributed by atoms with Gasteiger partial charge in [0.2, 0.25) is 5.91 Å². The van der Waals surface area contributed by atoms with Crippen LogP contribution >= 0.6 is 0 Å². The van der Waals surface area contributed by atoms with Crippen LogP contribution in [-0.4, -0.2) is 18.5 Å². The van der Waals surface area contributed by atoms with Gasteiger partial charge < -0.3 is 10.6 Å². The molecule has 4 heteroatoms. The van der Waals surface area contributed by atoms with Crippen LogP contribution < -0.4 is 10.6 Å². The number of benzene rings is 1. The van der Waals surface area contributed by atoms with E-state index in [-0.39, 0.29) is 23.8 Å². The third-order valence-corrected chi connectivity index (χ3v) is 3.33. The van der Waals surface area contributed by atoms with Crippen molar-refractivity contribution in [3.63, 3.8) is 0 Å². The number of piperidine rings is 1. The molecule has 1 aliphatic heterocycles. The van der Waals surface area contributed by atoms with E-state index in [1.807, 2.05) is 13.0 Å². The Morgan fingerprint density at radius 3 is 3.00 bits per heavy atom. The number of hydrogen-bond donors (Lipinski definition) is 2. The zero-order valence-corrected chi connectivity index (χ0v) is 10.6. The van der Waals surface area contributed by atoms with E-state index in [2.05, 4.69) is 10.6 Å². The predicted molar refractivity (Wildman–Crippen MR) is 68.6 cm³/mol. The molecule has 1 aromatic carbocycles. The molecule has 1 aromatic rings. The molecule has 0 saturated carbocycles. The molecule has 2 atom stereocenters. The van der Waals surface area contributed by atoms with Crippen molar-refractivity contribution in [2.24, 2.45) is 0 Å². The lowest BCUT2D eigenvalue weighted by Gasteiger charge is -2.24. The molecule has 1 saturated heterocycles. The number of halogens is 1. The van der Waals surface area contributed by atoms with Crippen LogP contribution in [0.5, 0.6) is 0 Å². The molecule has 0 aromatic heterocycles. The Labute approximate surface area is 107 Å². The quantitative estimate of drug-likeness (QED) is 0.863. The number of carbonyl (C=O) groups is 1. The first-order valence-corrected chi connectivity index (χ1v) is 6.46. The second-order valence-corrected chi connectivity index (χ2v) is 4.79. The van der Waals surface area contributed by atoms with Crippen molar-refractivity contribution in [1.82, 2.24) is 10.6 Å². The van der Waals surface area contributed by atoms with Crippen molar-refractivity contribution in [2.75, 3.05) is 6.54 Å². The summed E-state index contributed by atoms with van der Waals surface area (Å²) in [4.78, 5) is 12.0. The third-order valence-electron chi connectivity index (χ3n) is 3.33. The Kier molecular flexibility index (Phi) is 4.31. The maximum absolute atomic E-state index is 13.1. The summed E-state index contributed by atoms with van der Waals surface area (Å²) in [7, 11) is 0. The Morgan fingerprint density at radius 2 is 2.33 bits per heavy atom. The number of nitrogens with one attached hydrogen (secondary N) is 2. The molecule has 2 rings (SSSR count). The summed E-state index contributed by atoms with van der Waals surface area (Å²) in [5.41, 5.74) is 0.791. The van der Waals surface area contributed by atoms with Crippen molar-refractivity contribution >= 4 is 5.91 Å². The molecule has 2 N–H and O–H groups in total. The molecule has 1 fully saturated rings. The van der Waals surface area contributed by atoms with E-state index >= 15 is 0 Å². The van der Waals surface area contributed by atoms with Crippen LogP contribution in [0.15, 0.2) is 24.3 Å². The van der Waals surface area contributed by atoms with Crippen molar-refractivity contribution in [3.8, 4) is 0 Å². The zero-order valence-electron chi connectivity index (χ0n) is 10.6. The molecule has 0 aliphatic carbocycles. The van der Waals surface area contributed by atoms with Gasteiger partial charge in [-0.25, -0.2) is 4.39 Å². The van der Waals surface area contributed by atoms with Gasteiger partial charge in [0.15, 0.2) is 0 Å². The largest absolute Gasteiger partial charge is 0.348 e. The summed E-state index contributed by atoms with van der Waals surface area (Å²) < 4.78 is 13.1. The lowest BCUT2D eigenvalue weighted by molar-refractivity contribution is -0.124. The second kappa shape index (κ2) is 5.96. The molecule has 3 nitrogen and oxygen atoms in total. The summed E-state index contributed by atoms with van der Waals surface area (Å²) >= 11 is 0. The van der Waals surface area contributed by atoms with Gasteiger partial charge in [-0.1, -0.05) is 18.6 Å². The van der Waals surface area contributed by atoms with Gasteiger partial charge >= 0.3 is 0 Å². The lowest BCUT2D eigenvalue weighted by Crippen LogP contribution is -2.47. The van der Waals surface area contributed by atoms with E-state index in [0.717, 1.165) is 31.4 Å². The number of amides is 1. The molecule has 18 heavy (non-hydrogen) atoms. The highest BCUT2D eigenvalue weighted by Crippen LogP contribution is 2.14. The van der Waals surface area contributed by atoms with Crippen LogP contribution in [0.3, 0.4) is 0 Å². The SMILES string of the molecule is C[C@H](NC(=O)[C@@H]1CCCCN1)c1cccc(F)c1. The minimum atomic E-state index is -0.274. The van der Waals surface area contributed by atoms with Crippen molar-refractivity contribution in [2.45, 2.75) is 38.3 Å². The first-order chi connectivity index (χ1) is 8.66. The lowest BCUT2D eigenvalue weighted by atomic mass is 10.0. The summed E-state index contributed by atoms with van der Waals surface area (Å²) in [6.07, 6.45) is 3.09. The van der Waals surface area contributed by atoms with E-state index in [4.69, 9.17) is 0 Å². The predicted octanol–water partition coefficient (Wildman–Crippen LogP) is 2.14. The summed E-state index contributed by atoms with van der Waals surface area (Å²) in [6, 6.07) is 6.07. The molecule has 0 unspecified atom stereocenters. The monoisotopic (exact) mass is 250 g/mol. The molecule has 1 aliphatic rings. The van der Waals surface area contributed by atoms with Crippen LogP contribution in [0.2, 0.25) is 0 Å². The van der Waals surface area contributed by atoms with Crippen molar-refractivity contribution in [3.05, 3.63) is 35.6 Å². The number of carbonyl (C=O) groups excluding carboxylic acids is 1. The van der Waals surface area contributed by atoms with Gasteiger partial charge in [0.1, 0.15) is 5.82 Å². The topological polar surface area (TPSA) is 41.1 Å². The average Bonchev–Trinajstić information content (AvgIpc) is 2.39. The van der Waals surface area contributed by atoms with Gasteiger partial charge in [0.05, 0.1) is 12.1 Å². The molecule has 1 heterocycles. The Balaban J connectivity index is 1.94. The molecular weight excluding hydrogens is 231 g/mol. The highest BCUT2D eigenvalue weighted by Gasteiger charge is 2.21. The Hall–Kier alpha value is -1.42. The average molecular weight is 250 g/mol. The van der Waals surface area contributed by atoms with Gasteiger partial charge in [-0.05, 0) is 44.0 Å². The first-order valence-electron chi connectivity index (χ1n) is 6.46. The van der Waals surface area contributed by atoms with Crippen molar-refractivity contribution < 1.29 is 9.18 Å². The Bertz CT molecular complexity index is 416. The van der Waals surface area contributed by atoms with Crippen LogP contribution in [0.1, 0.15) is 37.8 Å². The molecule has 1 amide bonds. The summed E-state index contributed by atoms with van der Waals surface area (Å²) in [5, 5.41) is 6.13. The molecular formula is C14H19FN2O. The van der Waals surface area contributed by atoms with Crippen molar-refractivity contribution in [1.29, 1.82) is 0 Å². The van der Waals surface area contributed by atoms with Crippen LogP contribution in [0.25, 0.3) is 0 Å². The Morgan fingerprint density at radius 1 is 1.50 bits per heavy atom. The summed E-state index contributed by atoms with van der Waals surface area (Å²) in [6.45, 7) is 2.77. The van der Waals surface area contributed by atoms with E-state index < -0.39 is 0 Å². The van der Waals surface area contributed by atoms with Crippen LogP contribution in [0, 0.1) is 5.82 Å². The standard InChI is InChI=1S/C14H19FN2O/c1-10(11-5-4-6-12(15)9-11)17-14(18)13-7-2-3-8-16-13/h4-6,9-10,13,16H,2-3,7-8H2,1H3,(H,17,18)/t10-,13-/m0/s1. The minimum absolute atomic E-state index is 0.00598. The molecule has 0 spiro atoms. The fourth-order valence-corrected chi connectivity index (χ4v) is 2.25. The molecule has 0 radical (unpaired) electrons. The fourth-order valence-electron chi connectivity index (χ4n) is 2.25. The smallest absolute Gasteiger partial charge is 0.237 e. The van der Waals surface area contributed by atoms with Gasteiger partial charge in [0, 0.05) is 0 Å². The number of hydrogen-bond acceptors (Lipinski definition) is 2. The highest BCUT2D eigenvalue weighted by molar-refractivity contribution is 5.82.